The Kier molecular flexibility index (Phi) is 10.9. The molecule has 0 amide bonds. The van der Waals surface area contributed by atoms with Crippen molar-refractivity contribution in [3.8, 4) is 0 Å². The topological polar surface area (TPSA) is 68.9 Å². The van der Waals surface area contributed by atoms with Gasteiger partial charge in [0.1, 0.15) is 0 Å². The van der Waals surface area contributed by atoms with Gasteiger partial charge < -0.3 is 20.5 Å². The molecule has 0 spiro atoms. The number of guanidine groups is 1. The Bertz CT molecular complexity index is 422. The van der Waals surface area contributed by atoms with E-state index in [4.69, 9.17) is 15.2 Å². The number of nitrogens with two attached hydrogens (primary N) is 1. The van der Waals surface area contributed by atoms with E-state index in [0.29, 0.717) is 44.8 Å². The molecule has 0 unspecified atom stereocenters. The molecule has 1 aromatic carbocycles. The summed E-state index contributed by atoms with van der Waals surface area (Å²) >= 11 is 0. The van der Waals surface area contributed by atoms with Crippen LogP contribution >= 0.6 is 0 Å². The fourth-order valence-electron chi connectivity index (χ4n) is 1.90. The third-order valence-corrected chi connectivity index (χ3v) is 3.24. The van der Waals surface area contributed by atoms with Gasteiger partial charge in [-0.2, -0.15) is 0 Å². The van der Waals surface area contributed by atoms with Gasteiger partial charge >= 0.3 is 0 Å². The average Bonchev–Trinajstić information content (AvgIpc) is 2.54. The lowest BCUT2D eigenvalue weighted by Gasteiger charge is -2.07. The molecule has 0 fully saturated rings. The predicted molar refractivity (Wildman–Crippen MR) is 95.5 cm³/mol. The van der Waals surface area contributed by atoms with Crippen molar-refractivity contribution in [2.45, 2.75) is 33.3 Å². The van der Waals surface area contributed by atoms with Crippen LogP contribution in [0.2, 0.25) is 0 Å². The van der Waals surface area contributed by atoms with Crippen LogP contribution in [0.15, 0.2) is 35.3 Å². The minimum absolute atomic E-state index is 0.525. The normalized spacial score (nSPS) is 11.9. The van der Waals surface area contributed by atoms with Crippen LogP contribution in [0.1, 0.15) is 32.3 Å². The van der Waals surface area contributed by atoms with Gasteiger partial charge in [0, 0.05) is 19.7 Å². The van der Waals surface area contributed by atoms with Crippen molar-refractivity contribution >= 4 is 5.96 Å². The van der Waals surface area contributed by atoms with Crippen molar-refractivity contribution in [2.75, 3.05) is 32.9 Å². The molecule has 5 nitrogen and oxygen atoms in total. The number of aliphatic imine (C=N–C) groups is 1. The van der Waals surface area contributed by atoms with Crippen molar-refractivity contribution in [2.24, 2.45) is 16.6 Å². The lowest BCUT2D eigenvalue weighted by atomic mass is 10.1. The molecule has 0 atom stereocenters. The second-order valence-electron chi connectivity index (χ2n) is 5.88. The zero-order valence-electron chi connectivity index (χ0n) is 14.5. The first-order valence-corrected chi connectivity index (χ1v) is 8.41. The Morgan fingerprint density at radius 3 is 2.61 bits per heavy atom. The molecule has 0 heterocycles. The van der Waals surface area contributed by atoms with Gasteiger partial charge in [0.25, 0.3) is 0 Å². The van der Waals surface area contributed by atoms with Gasteiger partial charge in [-0.3, -0.25) is 4.99 Å². The van der Waals surface area contributed by atoms with Gasteiger partial charge in [-0.1, -0.05) is 44.2 Å². The number of nitrogens with zero attached hydrogens (tertiary/aromatic N) is 1. The van der Waals surface area contributed by atoms with E-state index in [2.05, 4.69) is 36.3 Å². The summed E-state index contributed by atoms with van der Waals surface area (Å²) in [6, 6.07) is 10.1. The Balaban J connectivity index is 1.89. The van der Waals surface area contributed by atoms with Crippen LogP contribution in [0.25, 0.3) is 0 Å². The molecular formula is C18H31N3O2. The van der Waals surface area contributed by atoms with Crippen LogP contribution in [0.3, 0.4) is 0 Å². The second-order valence-corrected chi connectivity index (χ2v) is 5.88. The molecule has 3 N–H and O–H groups in total. The summed E-state index contributed by atoms with van der Waals surface area (Å²) in [6.45, 7) is 8.47. The fourth-order valence-corrected chi connectivity index (χ4v) is 1.90. The van der Waals surface area contributed by atoms with Gasteiger partial charge in [0.05, 0.1) is 19.8 Å². The second kappa shape index (κ2) is 12.9. The number of ether oxygens (including phenoxy) is 2. The monoisotopic (exact) mass is 321 g/mol. The Morgan fingerprint density at radius 1 is 1.13 bits per heavy atom. The zero-order chi connectivity index (χ0) is 16.8. The molecular weight excluding hydrogens is 290 g/mol. The Morgan fingerprint density at radius 2 is 1.87 bits per heavy atom. The molecule has 5 heteroatoms. The van der Waals surface area contributed by atoms with Crippen LogP contribution in [0.4, 0.5) is 0 Å². The first-order valence-electron chi connectivity index (χ1n) is 8.41. The molecule has 23 heavy (non-hydrogen) atoms. The minimum Gasteiger partial charge on any atom is -0.379 e. The highest BCUT2D eigenvalue weighted by atomic mass is 16.5. The summed E-state index contributed by atoms with van der Waals surface area (Å²) in [7, 11) is 0. The van der Waals surface area contributed by atoms with Crippen molar-refractivity contribution in [3.05, 3.63) is 35.9 Å². The smallest absolute Gasteiger partial charge is 0.188 e. The van der Waals surface area contributed by atoms with E-state index in [1.54, 1.807) is 0 Å². The van der Waals surface area contributed by atoms with Crippen LogP contribution in [0.5, 0.6) is 0 Å². The molecule has 0 aliphatic heterocycles. The number of nitrogens with one attached hydrogen (secondary N) is 1. The summed E-state index contributed by atoms with van der Waals surface area (Å²) < 4.78 is 11.1. The van der Waals surface area contributed by atoms with E-state index in [-0.39, 0.29) is 0 Å². The summed E-state index contributed by atoms with van der Waals surface area (Å²) in [6.07, 6.45) is 1.97. The highest BCUT2D eigenvalue weighted by molar-refractivity contribution is 5.77. The van der Waals surface area contributed by atoms with E-state index in [1.165, 1.54) is 5.56 Å². The van der Waals surface area contributed by atoms with Crippen LogP contribution in [0, 0.1) is 5.92 Å². The van der Waals surface area contributed by atoms with Crippen molar-refractivity contribution in [1.82, 2.24) is 5.32 Å². The molecule has 1 aromatic rings. The highest BCUT2D eigenvalue weighted by Gasteiger charge is 1.96. The molecule has 130 valence electrons. The lowest BCUT2D eigenvalue weighted by molar-refractivity contribution is 0.0403. The number of rotatable bonds is 12. The molecule has 0 aromatic heterocycles. The van der Waals surface area contributed by atoms with Crippen molar-refractivity contribution < 1.29 is 9.47 Å². The molecule has 0 radical (unpaired) electrons. The quantitative estimate of drug-likeness (QED) is 0.353. The van der Waals surface area contributed by atoms with E-state index in [1.807, 2.05) is 18.2 Å². The minimum atomic E-state index is 0.525. The largest absolute Gasteiger partial charge is 0.379 e. The molecule has 0 bridgehead atoms. The molecule has 0 saturated heterocycles. The fraction of sp³-hybridized carbons (Fsp3) is 0.611. The van der Waals surface area contributed by atoms with E-state index in [9.17, 15) is 0 Å². The number of hydrogen-bond donors (Lipinski definition) is 2. The molecule has 1 rings (SSSR count). The van der Waals surface area contributed by atoms with E-state index in [0.717, 1.165) is 19.4 Å². The molecule has 0 aliphatic rings. The molecule has 0 saturated carbocycles. The van der Waals surface area contributed by atoms with Crippen molar-refractivity contribution in [3.63, 3.8) is 0 Å². The zero-order valence-corrected chi connectivity index (χ0v) is 14.5. The van der Waals surface area contributed by atoms with Gasteiger partial charge in [0.2, 0.25) is 0 Å². The van der Waals surface area contributed by atoms with Crippen LogP contribution in [-0.2, 0) is 16.1 Å². The third kappa shape index (κ3) is 11.6. The Labute approximate surface area is 140 Å². The number of benzene rings is 1. The van der Waals surface area contributed by atoms with Gasteiger partial charge in [-0.15, -0.1) is 0 Å². The number of hydrogen-bond acceptors (Lipinski definition) is 3. The maximum atomic E-state index is 5.77. The first-order chi connectivity index (χ1) is 11.2. The third-order valence-electron chi connectivity index (χ3n) is 3.24. The maximum absolute atomic E-state index is 5.77. The van der Waals surface area contributed by atoms with Crippen molar-refractivity contribution in [1.29, 1.82) is 0 Å². The summed E-state index contributed by atoms with van der Waals surface area (Å²) in [5.41, 5.74) is 6.96. The predicted octanol–water partition coefficient (Wildman–Crippen LogP) is 2.56. The van der Waals surface area contributed by atoms with Crippen LogP contribution < -0.4 is 11.1 Å². The van der Waals surface area contributed by atoms with E-state index < -0.39 is 0 Å². The van der Waals surface area contributed by atoms with Crippen LogP contribution in [-0.4, -0.2) is 38.9 Å². The summed E-state index contributed by atoms with van der Waals surface area (Å²) in [4.78, 5) is 4.27. The standard InChI is InChI=1S/C18H31N3O2/c1-16(2)9-11-21-18(19)20-10-6-12-22-13-14-23-15-17-7-4-3-5-8-17/h3-5,7-8,16H,6,9-15H2,1-2H3,(H3,19,20,21). The summed E-state index contributed by atoms with van der Waals surface area (Å²) in [5.74, 6) is 1.20. The first kappa shape index (κ1) is 19.5. The summed E-state index contributed by atoms with van der Waals surface area (Å²) in [5, 5.41) is 3.12. The highest BCUT2D eigenvalue weighted by Crippen LogP contribution is 2.00. The Hall–Kier alpha value is -1.59. The van der Waals surface area contributed by atoms with Gasteiger partial charge in [-0.25, -0.2) is 0 Å². The van der Waals surface area contributed by atoms with E-state index >= 15 is 0 Å². The van der Waals surface area contributed by atoms with Gasteiger partial charge in [-0.05, 0) is 24.3 Å². The molecule has 0 aliphatic carbocycles. The SMILES string of the molecule is CC(C)CCNC(N)=NCCCOCCOCc1ccccc1. The van der Waals surface area contributed by atoms with Gasteiger partial charge in [0.15, 0.2) is 5.96 Å². The maximum Gasteiger partial charge on any atom is 0.188 e. The average molecular weight is 321 g/mol. The lowest BCUT2D eigenvalue weighted by Crippen LogP contribution is -2.33.